The molecule has 2 N–H and O–H groups in total. The minimum absolute atomic E-state index is 0.425. The van der Waals surface area contributed by atoms with E-state index in [-0.39, 0.29) is 0 Å². The van der Waals surface area contributed by atoms with Gasteiger partial charge in [0.1, 0.15) is 0 Å². The number of anilines is 1. The number of hydrogen-bond donors (Lipinski definition) is 2. The molecule has 90 valence electrons. The van der Waals surface area contributed by atoms with E-state index in [0.717, 1.165) is 5.69 Å². The molecule has 7 nitrogen and oxygen atoms in total. The molecule has 0 fully saturated rings. The first kappa shape index (κ1) is 10.5. The number of benzene rings is 1. The summed E-state index contributed by atoms with van der Waals surface area (Å²) in [6.45, 7) is 0.467. The Morgan fingerprint density at radius 3 is 2.89 bits per heavy atom. The Morgan fingerprint density at radius 2 is 2.11 bits per heavy atom. The van der Waals surface area contributed by atoms with Crippen LogP contribution in [-0.4, -0.2) is 25.6 Å². The van der Waals surface area contributed by atoms with Crippen LogP contribution in [0, 0.1) is 0 Å². The maximum Gasteiger partial charge on any atom is 0.246 e. The van der Waals surface area contributed by atoms with Crippen molar-refractivity contribution in [1.82, 2.24) is 25.6 Å². The highest BCUT2D eigenvalue weighted by atomic mass is 16.5. The van der Waals surface area contributed by atoms with Crippen LogP contribution in [0.15, 0.2) is 41.1 Å². The van der Waals surface area contributed by atoms with Crippen LogP contribution < -0.4 is 5.32 Å². The van der Waals surface area contributed by atoms with Gasteiger partial charge in [-0.15, -0.1) is 0 Å². The largest absolute Gasteiger partial charge is 0.376 e. The average Bonchev–Trinajstić information content (AvgIpc) is 3.08. The Labute approximate surface area is 102 Å². The first-order chi connectivity index (χ1) is 8.92. The van der Waals surface area contributed by atoms with Crippen molar-refractivity contribution < 1.29 is 4.52 Å². The SMILES string of the molecule is c1ccc(NCc2nc(-c3cn[nH]n3)no2)cc1. The summed E-state index contributed by atoms with van der Waals surface area (Å²) >= 11 is 0. The molecule has 0 saturated carbocycles. The van der Waals surface area contributed by atoms with Crippen LogP contribution in [0.3, 0.4) is 0 Å². The van der Waals surface area contributed by atoms with Crippen molar-refractivity contribution in [3.63, 3.8) is 0 Å². The molecule has 0 saturated heterocycles. The molecule has 7 heteroatoms. The molecule has 0 radical (unpaired) electrons. The monoisotopic (exact) mass is 242 g/mol. The Morgan fingerprint density at radius 1 is 1.22 bits per heavy atom. The van der Waals surface area contributed by atoms with Crippen molar-refractivity contribution in [3.8, 4) is 11.5 Å². The zero-order valence-electron chi connectivity index (χ0n) is 9.37. The lowest BCUT2D eigenvalue weighted by Gasteiger charge is -2.01. The summed E-state index contributed by atoms with van der Waals surface area (Å²) in [5.41, 5.74) is 1.56. The number of nitrogens with zero attached hydrogens (tertiary/aromatic N) is 4. The Bertz CT molecular complexity index is 604. The van der Waals surface area contributed by atoms with Crippen molar-refractivity contribution in [2.24, 2.45) is 0 Å². The summed E-state index contributed by atoms with van der Waals surface area (Å²) < 4.78 is 5.10. The molecule has 18 heavy (non-hydrogen) atoms. The lowest BCUT2D eigenvalue weighted by molar-refractivity contribution is 0.384. The van der Waals surface area contributed by atoms with Gasteiger partial charge in [0.15, 0.2) is 5.69 Å². The minimum atomic E-state index is 0.425. The zero-order chi connectivity index (χ0) is 12.2. The van der Waals surface area contributed by atoms with Gasteiger partial charge in [0.2, 0.25) is 11.7 Å². The van der Waals surface area contributed by atoms with Gasteiger partial charge in [-0.1, -0.05) is 23.4 Å². The Hall–Kier alpha value is -2.70. The van der Waals surface area contributed by atoms with Crippen LogP contribution in [0.2, 0.25) is 0 Å². The molecular formula is C11H10N6O. The fourth-order valence-corrected chi connectivity index (χ4v) is 1.47. The van der Waals surface area contributed by atoms with Gasteiger partial charge in [0.25, 0.3) is 0 Å². The van der Waals surface area contributed by atoms with E-state index >= 15 is 0 Å². The highest BCUT2D eigenvalue weighted by Crippen LogP contribution is 2.12. The second-order valence-corrected chi connectivity index (χ2v) is 3.59. The van der Waals surface area contributed by atoms with Crippen molar-refractivity contribution in [1.29, 1.82) is 0 Å². The molecule has 0 spiro atoms. The van der Waals surface area contributed by atoms with E-state index < -0.39 is 0 Å². The molecule has 0 unspecified atom stereocenters. The number of nitrogens with one attached hydrogen (secondary N) is 2. The third kappa shape index (κ3) is 2.19. The van der Waals surface area contributed by atoms with Gasteiger partial charge in [-0.2, -0.15) is 20.4 Å². The predicted octanol–water partition coefficient (Wildman–Crippen LogP) is 1.47. The third-order valence-corrected chi connectivity index (χ3v) is 2.33. The molecule has 3 rings (SSSR count). The maximum absolute atomic E-state index is 5.10. The first-order valence-electron chi connectivity index (χ1n) is 5.39. The van der Waals surface area contributed by atoms with Crippen LogP contribution >= 0.6 is 0 Å². The number of aromatic amines is 1. The van der Waals surface area contributed by atoms with Crippen molar-refractivity contribution >= 4 is 5.69 Å². The van der Waals surface area contributed by atoms with E-state index in [2.05, 4.69) is 30.9 Å². The van der Waals surface area contributed by atoms with E-state index in [1.165, 1.54) is 0 Å². The van der Waals surface area contributed by atoms with Gasteiger partial charge >= 0.3 is 0 Å². The number of H-pyrrole nitrogens is 1. The van der Waals surface area contributed by atoms with Crippen LogP contribution in [0.4, 0.5) is 5.69 Å². The number of rotatable bonds is 4. The molecule has 0 bridgehead atoms. The van der Waals surface area contributed by atoms with Crippen LogP contribution in [0.25, 0.3) is 11.5 Å². The number of para-hydroxylation sites is 1. The zero-order valence-corrected chi connectivity index (χ0v) is 9.37. The molecule has 0 aliphatic rings. The molecular weight excluding hydrogens is 232 g/mol. The highest BCUT2D eigenvalue weighted by molar-refractivity contribution is 5.45. The Balaban J connectivity index is 1.68. The Kier molecular flexibility index (Phi) is 2.71. The molecule has 0 amide bonds. The normalized spacial score (nSPS) is 10.4. The summed E-state index contributed by atoms with van der Waals surface area (Å²) in [5, 5.41) is 17.1. The number of aromatic nitrogens is 5. The topological polar surface area (TPSA) is 92.5 Å². The van der Waals surface area contributed by atoms with E-state index in [1.54, 1.807) is 6.20 Å². The third-order valence-electron chi connectivity index (χ3n) is 2.33. The fourth-order valence-electron chi connectivity index (χ4n) is 1.47. The predicted molar refractivity (Wildman–Crippen MR) is 63.4 cm³/mol. The van der Waals surface area contributed by atoms with Gasteiger partial charge in [0.05, 0.1) is 12.7 Å². The average molecular weight is 242 g/mol. The van der Waals surface area contributed by atoms with E-state index in [9.17, 15) is 0 Å². The smallest absolute Gasteiger partial charge is 0.246 e. The van der Waals surface area contributed by atoms with Crippen molar-refractivity contribution in [3.05, 3.63) is 42.4 Å². The molecule has 3 aromatic rings. The number of hydrogen-bond acceptors (Lipinski definition) is 6. The summed E-state index contributed by atoms with van der Waals surface area (Å²) in [4.78, 5) is 4.21. The molecule has 2 aromatic heterocycles. The lowest BCUT2D eigenvalue weighted by Crippen LogP contribution is -1.99. The maximum atomic E-state index is 5.10. The molecule has 0 atom stereocenters. The van der Waals surface area contributed by atoms with E-state index in [1.807, 2.05) is 30.3 Å². The van der Waals surface area contributed by atoms with Crippen LogP contribution in [-0.2, 0) is 6.54 Å². The summed E-state index contributed by atoms with van der Waals surface area (Å²) in [7, 11) is 0. The fraction of sp³-hybridized carbons (Fsp3) is 0.0909. The molecule has 0 aliphatic heterocycles. The standard InChI is InChI=1S/C11H10N6O/c1-2-4-8(5-3-1)12-7-10-14-11(16-18-10)9-6-13-17-15-9/h1-6,12H,7H2,(H,13,15,17). The minimum Gasteiger partial charge on any atom is -0.376 e. The molecule has 0 aliphatic carbocycles. The molecule has 2 heterocycles. The molecule has 1 aromatic carbocycles. The highest BCUT2D eigenvalue weighted by Gasteiger charge is 2.10. The van der Waals surface area contributed by atoms with Gasteiger partial charge in [-0.05, 0) is 12.1 Å². The quantitative estimate of drug-likeness (QED) is 0.719. The first-order valence-corrected chi connectivity index (χ1v) is 5.39. The van der Waals surface area contributed by atoms with Gasteiger partial charge < -0.3 is 9.84 Å². The van der Waals surface area contributed by atoms with Gasteiger partial charge in [-0.25, -0.2) is 0 Å². The summed E-state index contributed by atoms with van der Waals surface area (Å²) in [6, 6.07) is 9.80. The van der Waals surface area contributed by atoms with Gasteiger partial charge in [-0.3, -0.25) is 0 Å². The summed E-state index contributed by atoms with van der Waals surface area (Å²) in [6.07, 6.45) is 1.54. The van der Waals surface area contributed by atoms with Crippen molar-refractivity contribution in [2.75, 3.05) is 5.32 Å². The second-order valence-electron chi connectivity index (χ2n) is 3.59. The van der Waals surface area contributed by atoms with Crippen molar-refractivity contribution in [2.45, 2.75) is 6.54 Å². The van der Waals surface area contributed by atoms with Gasteiger partial charge in [0, 0.05) is 5.69 Å². The van der Waals surface area contributed by atoms with E-state index in [4.69, 9.17) is 4.52 Å². The van der Waals surface area contributed by atoms with E-state index in [0.29, 0.717) is 24.0 Å². The lowest BCUT2D eigenvalue weighted by atomic mass is 10.3. The van der Waals surface area contributed by atoms with Crippen LogP contribution in [0.1, 0.15) is 5.89 Å². The van der Waals surface area contributed by atoms with Crippen LogP contribution in [0.5, 0.6) is 0 Å². The summed E-state index contributed by atoms with van der Waals surface area (Å²) in [5.74, 6) is 0.922. The second kappa shape index (κ2) is 4.66.